The lowest BCUT2D eigenvalue weighted by atomic mass is 10.0. The van der Waals surface area contributed by atoms with Crippen LogP contribution < -0.4 is 14.8 Å². The molecule has 28 heavy (non-hydrogen) atoms. The van der Waals surface area contributed by atoms with Gasteiger partial charge in [0.05, 0.1) is 12.8 Å². The van der Waals surface area contributed by atoms with Gasteiger partial charge in [-0.3, -0.25) is 9.59 Å². The minimum atomic E-state index is -0.742. The molecule has 1 amide bonds. The molecule has 142 valence electrons. The van der Waals surface area contributed by atoms with E-state index < -0.39 is 6.10 Å². The lowest BCUT2D eigenvalue weighted by Crippen LogP contribution is -2.30. The van der Waals surface area contributed by atoms with Crippen LogP contribution in [0.25, 0.3) is 0 Å². The fraction of sp³-hybridized carbons (Fsp3) is 0.130. The number of carbonyl (C=O) groups is 2. The van der Waals surface area contributed by atoms with E-state index in [4.69, 9.17) is 9.47 Å². The summed E-state index contributed by atoms with van der Waals surface area (Å²) in [4.78, 5) is 25.4. The summed E-state index contributed by atoms with van der Waals surface area (Å²) in [5.74, 6) is 0.763. The molecule has 0 radical (unpaired) electrons. The number of carbonyl (C=O) groups excluding carboxylic acids is 2. The molecule has 0 aliphatic rings. The quantitative estimate of drug-likeness (QED) is 0.624. The van der Waals surface area contributed by atoms with Crippen molar-refractivity contribution in [1.29, 1.82) is 0 Å². The fourth-order valence-corrected chi connectivity index (χ4v) is 2.68. The molecule has 0 aliphatic heterocycles. The van der Waals surface area contributed by atoms with Crippen molar-refractivity contribution in [3.05, 3.63) is 90.0 Å². The molecule has 0 aromatic heterocycles. The zero-order chi connectivity index (χ0) is 19.9. The Morgan fingerprint density at radius 2 is 1.43 bits per heavy atom. The first-order chi connectivity index (χ1) is 13.6. The van der Waals surface area contributed by atoms with Crippen molar-refractivity contribution >= 4 is 17.4 Å². The van der Waals surface area contributed by atoms with Gasteiger partial charge < -0.3 is 14.8 Å². The summed E-state index contributed by atoms with van der Waals surface area (Å²) in [7, 11) is 1.58. The number of rotatable bonds is 7. The Bertz CT molecular complexity index is 952. The molecule has 1 unspecified atom stereocenters. The maximum Gasteiger partial charge on any atom is 0.265 e. The molecule has 1 atom stereocenters. The second-order valence-corrected chi connectivity index (χ2v) is 6.17. The first-order valence-electron chi connectivity index (χ1n) is 8.89. The molecular weight excluding hydrogens is 354 g/mol. The average molecular weight is 375 g/mol. The molecule has 5 nitrogen and oxygen atoms in total. The predicted octanol–water partition coefficient (Wildman–Crippen LogP) is 4.33. The van der Waals surface area contributed by atoms with Crippen LogP contribution in [0.1, 0.15) is 22.8 Å². The third-order valence-electron chi connectivity index (χ3n) is 4.21. The lowest BCUT2D eigenvalue weighted by molar-refractivity contribution is -0.122. The van der Waals surface area contributed by atoms with E-state index in [-0.39, 0.29) is 11.7 Å². The highest BCUT2D eigenvalue weighted by atomic mass is 16.5. The number of nitrogens with one attached hydrogen (secondary N) is 1. The summed E-state index contributed by atoms with van der Waals surface area (Å²) in [5, 5.41) is 2.79. The van der Waals surface area contributed by atoms with Gasteiger partial charge in [-0.15, -0.1) is 0 Å². The van der Waals surface area contributed by atoms with Crippen LogP contribution >= 0.6 is 0 Å². The fourth-order valence-electron chi connectivity index (χ4n) is 2.68. The smallest absolute Gasteiger partial charge is 0.265 e. The van der Waals surface area contributed by atoms with E-state index in [1.807, 2.05) is 6.07 Å². The molecule has 0 aliphatic carbocycles. The van der Waals surface area contributed by atoms with Crippen LogP contribution in [0.5, 0.6) is 11.5 Å². The topological polar surface area (TPSA) is 64.6 Å². The molecule has 3 rings (SSSR count). The molecule has 0 saturated carbocycles. The number of ketones is 1. The second kappa shape index (κ2) is 8.86. The Morgan fingerprint density at radius 3 is 2.11 bits per heavy atom. The van der Waals surface area contributed by atoms with Crippen molar-refractivity contribution in [3.8, 4) is 11.5 Å². The third kappa shape index (κ3) is 4.57. The van der Waals surface area contributed by atoms with E-state index in [1.165, 1.54) is 0 Å². The molecule has 5 heteroatoms. The van der Waals surface area contributed by atoms with Crippen molar-refractivity contribution in [2.45, 2.75) is 13.0 Å². The summed E-state index contributed by atoms with van der Waals surface area (Å²) in [6, 6.07) is 22.9. The van der Waals surface area contributed by atoms with E-state index in [1.54, 1.807) is 86.8 Å². The summed E-state index contributed by atoms with van der Waals surface area (Å²) in [6.07, 6.45) is -0.742. The van der Waals surface area contributed by atoms with Crippen LogP contribution in [-0.4, -0.2) is 24.9 Å². The van der Waals surface area contributed by atoms with Crippen LogP contribution in [0.2, 0.25) is 0 Å². The van der Waals surface area contributed by atoms with Gasteiger partial charge in [0.2, 0.25) is 0 Å². The van der Waals surface area contributed by atoms with Crippen LogP contribution in [-0.2, 0) is 4.79 Å². The molecule has 0 bridgehead atoms. The van der Waals surface area contributed by atoms with Crippen molar-refractivity contribution < 1.29 is 19.1 Å². The van der Waals surface area contributed by atoms with E-state index >= 15 is 0 Å². The van der Waals surface area contributed by atoms with Gasteiger partial charge in [0.15, 0.2) is 11.9 Å². The normalized spacial score (nSPS) is 11.4. The summed E-state index contributed by atoms with van der Waals surface area (Å²) >= 11 is 0. The maximum atomic E-state index is 12.8. The zero-order valence-electron chi connectivity index (χ0n) is 15.7. The van der Waals surface area contributed by atoms with E-state index in [0.29, 0.717) is 28.3 Å². The zero-order valence-corrected chi connectivity index (χ0v) is 15.7. The number of benzene rings is 3. The van der Waals surface area contributed by atoms with Gasteiger partial charge in [-0.25, -0.2) is 0 Å². The monoisotopic (exact) mass is 375 g/mol. The van der Waals surface area contributed by atoms with Gasteiger partial charge in [-0.05, 0) is 43.3 Å². The standard InChI is InChI=1S/C23H21NO4/c1-16(28-19-14-12-18(27-2)13-15-19)23(26)24-21-11-7-6-10-20(21)22(25)17-8-4-3-5-9-17/h3-16H,1-2H3,(H,24,26). The van der Waals surface area contributed by atoms with Gasteiger partial charge in [-0.2, -0.15) is 0 Å². The van der Waals surface area contributed by atoms with Crippen molar-refractivity contribution in [2.75, 3.05) is 12.4 Å². The minimum absolute atomic E-state index is 0.153. The first-order valence-corrected chi connectivity index (χ1v) is 8.89. The molecule has 1 N–H and O–H groups in total. The Labute approximate surface area is 163 Å². The molecule has 0 spiro atoms. The van der Waals surface area contributed by atoms with Crippen molar-refractivity contribution in [2.24, 2.45) is 0 Å². The number of hydrogen-bond acceptors (Lipinski definition) is 4. The summed E-state index contributed by atoms with van der Waals surface area (Å²) < 4.78 is 10.8. The minimum Gasteiger partial charge on any atom is -0.497 e. The highest BCUT2D eigenvalue weighted by Gasteiger charge is 2.19. The van der Waals surface area contributed by atoms with Crippen molar-refractivity contribution in [1.82, 2.24) is 0 Å². The molecule has 0 fully saturated rings. The SMILES string of the molecule is COc1ccc(OC(C)C(=O)Nc2ccccc2C(=O)c2ccccc2)cc1. The third-order valence-corrected chi connectivity index (χ3v) is 4.21. The highest BCUT2D eigenvalue weighted by molar-refractivity contribution is 6.14. The average Bonchev–Trinajstić information content (AvgIpc) is 2.74. The van der Waals surface area contributed by atoms with Gasteiger partial charge in [0.1, 0.15) is 11.5 Å². The molecular formula is C23H21NO4. The van der Waals surface area contributed by atoms with Gasteiger partial charge in [0.25, 0.3) is 5.91 Å². The van der Waals surface area contributed by atoms with E-state index in [9.17, 15) is 9.59 Å². The lowest BCUT2D eigenvalue weighted by Gasteiger charge is -2.16. The Hall–Kier alpha value is -3.60. The maximum absolute atomic E-state index is 12.8. The van der Waals surface area contributed by atoms with Crippen LogP contribution in [0.3, 0.4) is 0 Å². The number of ether oxygens (including phenoxy) is 2. The molecule has 0 saturated heterocycles. The van der Waals surface area contributed by atoms with Crippen LogP contribution in [0.15, 0.2) is 78.9 Å². The Balaban J connectivity index is 1.72. The number of hydrogen-bond donors (Lipinski definition) is 1. The van der Waals surface area contributed by atoms with Gasteiger partial charge in [-0.1, -0.05) is 42.5 Å². The Morgan fingerprint density at radius 1 is 0.821 bits per heavy atom. The highest BCUT2D eigenvalue weighted by Crippen LogP contribution is 2.21. The summed E-state index contributed by atoms with van der Waals surface area (Å²) in [6.45, 7) is 1.65. The van der Waals surface area contributed by atoms with Gasteiger partial charge in [0, 0.05) is 11.1 Å². The van der Waals surface area contributed by atoms with Crippen LogP contribution in [0, 0.1) is 0 Å². The predicted molar refractivity (Wildman–Crippen MR) is 108 cm³/mol. The van der Waals surface area contributed by atoms with Gasteiger partial charge >= 0.3 is 0 Å². The van der Waals surface area contributed by atoms with E-state index in [2.05, 4.69) is 5.32 Å². The van der Waals surface area contributed by atoms with E-state index in [0.717, 1.165) is 0 Å². The molecule has 3 aromatic carbocycles. The second-order valence-electron chi connectivity index (χ2n) is 6.17. The number of amides is 1. The number of para-hydroxylation sites is 1. The van der Waals surface area contributed by atoms with Crippen LogP contribution in [0.4, 0.5) is 5.69 Å². The van der Waals surface area contributed by atoms with Crippen molar-refractivity contribution in [3.63, 3.8) is 0 Å². The number of anilines is 1. The Kier molecular flexibility index (Phi) is 6.07. The summed E-state index contributed by atoms with van der Waals surface area (Å²) in [5.41, 5.74) is 1.44. The first kappa shape index (κ1) is 19.2. The largest absolute Gasteiger partial charge is 0.497 e. The molecule has 0 heterocycles. The molecule has 3 aromatic rings. The number of methoxy groups -OCH3 is 1.